The van der Waals surface area contributed by atoms with E-state index in [2.05, 4.69) is 32.3 Å². The number of piperazine rings is 2. The molecule has 4 heterocycles. The Hall–Kier alpha value is -0.420. The number of likely N-dealkylation sites (N-methyl/N-ethyl adjacent to an activating group) is 2. The number of nitrogens with zero attached hydrogens (tertiary/aromatic N) is 4. The zero-order valence-electron chi connectivity index (χ0n) is 18.1. The molecule has 0 amide bonds. The van der Waals surface area contributed by atoms with Crippen LogP contribution in [0.5, 0.6) is 0 Å². The van der Waals surface area contributed by atoms with Crippen molar-refractivity contribution in [3.63, 3.8) is 0 Å². The monoisotopic (exact) mass is 474 g/mol. The predicted octanol–water partition coefficient (Wildman–Crippen LogP) is -1.84. The maximum absolute atomic E-state index is 9.22. The summed E-state index contributed by atoms with van der Waals surface area (Å²) in [6.45, 7) is 10.9. The van der Waals surface area contributed by atoms with Crippen LogP contribution in [0.2, 0.25) is 0 Å². The molecule has 4 aliphatic heterocycles. The molecule has 4 rings (SSSR count). The van der Waals surface area contributed by atoms with Crippen molar-refractivity contribution in [2.45, 2.75) is 25.2 Å². The SMILES string of the molecule is COS(=O)(=O)[O-].COS(=O)(=O)[O-].C[N+]12CCCN3CC[N+]4(C)CCCN(CC1)C4C32. The molecule has 4 aliphatic rings. The molecule has 4 saturated heterocycles. The summed E-state index contributed by atoms with van der Waals surface area (Å²) >= 11 is 0. The van der Waals surface area contributed by atoms with Gasteiger partial charge in [-0.15, -0.1) is 0 Å². The van der Waals surface area contributed by atoms with Crippen molar-refractivity contribution in [2.24, 2.45) is 0 Å². The quantitative estimate of drug-likeness (QED) is 0.255. The minimum atomic E-state index is -4.41. The van der Waals surface area contributed by atoms with Crippen LogP contribution in [-0.4, -0.2) is 138 Å². The highest BCUT2D eigenvalue weighted by atomic mass is 32.3. The fourth-order valence-electron chi connectivity index (χ4n) is 5.30. The third-order valence-corrected chi connectivity index (χ3v) is 7.54. The van der Waals surface area contributed by atoms with E-state index in [1.54, 1.807) is 0 Å². The summed E-state index contributed by atoms with van der Waals surface area (Å²) in [5.74, 6) is 0. The van der Waals surface area contributed by atoms with Gasteiger partial charge in [-0.05, 0) is 0 Å². The van der Waals surface area contributed by atoms with Crippen molar-refractivity contribution in [1.29, 1.82) is 0 Å². The molecule has 14 heteroatoms. The Balaban J connectivity index is 0.000000224. The first-order chi connectivity index (χ1) is 13.7. The molecule has 0 radical (unpaired) electrons. The summed E-state index contributed by atoms with van der Waals surface area (Å²) in [6.07, 6.45) is 4.38. The number of hydrogen-bond acceptors (Lipinski definition) is 10. The molecular weight excluding hydrogens is 440 g/mol. The van der Waals surface area contributed by atoms with E-state index in [1.807, 2.05) is 0 Å². The number of quaternary nitrogens is 2. The van der Waals surface area contributed by atoms with E-state index in [0.717, 1.165) is 26.6 Å². The first-order valence-electron chi connectivity index (χ1n) is 9.94. The molecule has 0 aliphatic carbocycles. The van der Waals surface area contributed by atoms with E-state index in [-0.39, 0.29) is 0 Å². The lowest BCUT2D eigenvalue weighted by Crippen LogP contribution is -2.86. The molecule has 4 unspecified atom stereocenters. The average molecular weight is 475 g/mol. The van der Waals surface area contributed by atoms with Crippen molar-refractivity contribution in [3.05, 3.63) is 0 Å². The molecule has 178 valence electrons. The van der Waals surface area contributed by atoms with Crippen molar-refractivity contribution >= 4 is 20.8 Å². The molecule has 12 nitrogen and oxygen atoms in total. The van der Waals surface area contributed by atoms with Crippen LogP contribution in [0.25, 0.3) is 0 Å². The smallest absolute Gasteiger partial charge is 0.217 e. The van der Waals surface area contributed by atoms with Crippen LogP contribution >= 0.6 is 0 Å². The summed E-state index contributed by atoms with van der Waals surface area (Å²) in [7, 11) is -2.16. The van der Waals surface area contributed by atoms with Crippen LogP contribution in [0.3, 0.4) is 0 Å². The summed E-state index contributed by atoms with van der Waals surface area (Å²) in [5, 5.41) is 0. The third-order valence-electron chi connectivity index (χ3n) is 6.73. The molecule has 4 atom stereocenters. The van der Waals surface area contributed by atoms with Gasteiger partial charge in [0.2, 0.25) is 33.1 Å². The van der Waals surface area contributed by atoms with Gasteiger partial charge in [0, 0.05) is 25.9 Å². The van der Waals surface area contributed by atoms with Gasteiger partial charge in [-0.1, -0.05) is 0 Å². The Morgan fingerprint density at radius 3 is 1.27 bits per heavy atom. The van der Waals surface area contributed by atoms with E-state index in [0.29, 0.717) is 0 Å². The molecule has 0 bridgehead atoms. The molecule has 0 saturated carbocycles. The van der Waals surface area contributed by atoms with Gasteiger partial charge in [-0.3, -0.25) is 8.37 Å². The lowest BCUT2D eigenvalue weighted by molar-refractivity contribution is -1.04. The zero-order chi connectivity index (χ0) is 22.8. The molecule has 0 aromatic rings. The van der Waals surface area contributed by atoms with E-state index in [4.69, 9.17) is 0 Å². The lowest BCUT2D eigenvalue weighted by atomic mass is 9.96. The van der Waals surface area contributed by atoms with Gasteiger partial charge in [-0.2, -0.15) is 0 Å². The summed E-state index contributed by atoms with van der Waals surface area (Å²) < 4.78 is 64.7. The molecule has 4 fully saturated rings. The van der Waals surface area contributed by atoms with E-state index in [9.17, 15) is 25.9 Å². The first kappa shape index (κ1) is 25.8. The Kier molecular flexibility index (Phi) is 8.27. The van der Waals surface area contributed by atoms with Gasteiger partial charge in [0.1, 0.15) is 0 Å². The Morgan fingerprint density at radius 2 is 1.00 bits per heavy atom. The molecule has 0 aromatic carbocycles. The molecular formula is C16H34N4O8S2. The highest BCUT2D eigenvalue weighted by Gasteiger charge is 2.61. The lowest BCUT2D eigenvalue weighted by Gasteiger charge is -2.65. The van der Waals surface area contributed by atoms with Gasteiger partial charge < -0.3 is 18.1 Å². The summed E-state index contributed by atoms with van der Waals surface area (Å²) in [5.41, 5.74) is 0. The topological polar surface area (TPSA) is 139 Å². The van der Waals surface area contributed by atoms with Crippen molar-refractivity contribution in [1.82, 2.24) is 9.80 Å². The van der Waals surface area contributed by atoms with Crippen LogP contribution in [-0.2, 0) is 29.2 Å². The van der Waals surface area contributed by atoms with Gasteiger partial charge in [0.05, 0.1) is 67.6 Å². The Morgan fingerprint density at radius 1 is 0.700 bits per heavy atom. The van der Waals surface area contributed by atoms with Gasteiger partial charge in [0.15, 0.2) is 0 Å². The van der Waals surface area contributed by atoms with Gasteiger partial charge in [0.25, 0.3) is 0 Å². The highest BCUT2D eigenvalue weighted by Crippen LogP contribution is 2.39. The second-order valence-corrected chi connectivity index (χ2v) is 10.9. The molecule has 0 spiro atoms. The summed E-state index contributed by atoms with van der Waals surface area (Å²) in [6, 6.07) is 0. The fraction of sp³-hybridized carbons (Fsp3) is 1.00. The van der Waals surface area contributed by atoms with Crippen molar-refractivity contribution in [3.8, 4) is 0 Å². The minimum Gasteiger partial charge on any atom is -0.726 e. The number of hydrogen-bond donors (Lipinski definition) is 0. The van der Waals surface area contributed by atoms with Crippen LogP contribution in [0, 0.1) is 0 Å². The molecule has 30 heavy (non-hydrogen) atoms. The van der Waals surface area contributed by atoms with Gasteiger partial charge in [-0.25, -0.2) is 26.6 Å². The Bertz CT molecular complexity index is 729. The van der Waals surface area contributed by atoms with Crippen molar-refractivity contribution < 1.29 is 43.3 Å². The minimum absolute atomic E-state index is 0.784. The average Bonchev–Trinajstić information content (AvgIpc) is 2.66. The van der Waals surface area contributed by atoms with Crippen LogP contribution in [0.15, 0.2) is 0 Å². The van der Waals surface area contributed by atoms with Crippen molar-refractivity contribution in [2.75, 3.05) is 80.7 Å². The summed E-state index contributed by atoms with van der Waals surface area (Å²) in [4.78, 5) is 5.65. The maximum Gasteiger partial charge on any atom is 0.217 e. The maximum atomic E-state index is 9.22. The van der Waals surface area contributed by atoms with Gasteiger partial charge >= 0.3 is 0 Å². The normalized spacial score (nSPS) is 36.5. The Labute approximate surface area is 180 Å². The first-order valence-corrected chi connectivity index (χ1v) is 12.6. The predicted molar refractivity (Wildman–Crippen MR) is 105 cm³/mol. The highest BCUT2D eigenvalue weighted by molar-refractivity contribution is 7.81. The number of rotatable bonds is 2. The second kappa shape index (κ2) is 9.60. The second-order valence-electron chi connectivity index (χ2n) is 8.61. The van der Waals surface area contributed by atoms with E-state index < -0.39 is 20.8 Å². The van der Waals surface area contributed by atoms with Crippen LogP contribution < -0.4 is 0 Å². The van der Waals surface area contributed by atoms with E-state index >= 15 is 0 Å². The van der Waals surface area contributed by atoms with E-state index in [1.165, 1.54) is 74.2 Å². The largest absolute Gasteiger partial charge is 0.726 e. The zero-order valence-corrected chi connectivity index (χ0v) is 19.7. The molecule has 0 aromatic heterocycles. The van der Waals surface area contributed by atoms with Crippen LogP contribution in [0.1, 0.15) is 12.8 Å². The third kappa shape index (κ3) is 6.31. The standard InChI is InChI=1S/C14H28N4.2CH4O4S/c1-17-9-3-5-15-8-12-18(2)10-4-6-16(7-11-17)14(18)13(15)17;2*1-5-6(2,3)4/h13-14H,3-12H2,1-2H3;2*1H3,(H,2,3,4)/q+2;;/p-2. The molecule has 0 N–H and O–H groups in total. The fourth-order valence-corrected chi connectivity index (χ4v) is 5.30. The van der Waals surface area contributed by atoms with Crippen LogP contribution in [0.4, 0.5) is 0 Å².